The van der Waals surface area contributed by atoms with Gasteiger partial charge in [-0.3, -0.25) is 0 Å². The standard InChI is InChI=1S/C16H23F2NO/c1-16(2)7-5-12(6-8-16)19-10-15(20)13-9-11(17)3-4-14(13)18/h3-4,9,12,15,19-20H,5-8,10H2,1-2H3. The van der Waals surface area contributed by atoms with E-state index in [0.717, 1.165) is 43.9 Å². The van der Waals surface area contributed by atoms with E-state index in [4.69, 9.17) is 0 Å². The van der Waals surface area contributed by atoms with Gasteiger partial charge in [0, 0.05) is 18.2 Å². The molecule has 112 valence electrons. The average molecular weight is 283 g/mol. The Hall–Kier alpha value is -1.00. The van der Waals surface area contributed by atoms with Gasteiger partial charge in [-0.1, -0.05) is 13.8 Å². The quantitative estimate of drug-likeness (QED) is 0.885. The molecule has 1 aliphatic rings. The van der Waals surface area contributed by atoms with Gasteiger partial charge in [0.15, 0.2) is 0 Å². The van der Waals surface area contributed by atoms with Crippen molar-refractivity contribution in [3.05, 3.63) is 35.4 Å². The Morgan fingerprint density at radius 3 is 2.60 bits per heavy atom. The minimum atomic E-state index is -1.01. The first kappa shape index (κ1) is 15.4. The Morgan fingerprint density at radius 1 is 1.30 bits per heavy atom. The molecule has 1 aromatic carbocycles. The fourth-order valence-corrected chi connectivity index (χ4v) is 2.76. The molecule has 4 heteroatoms. The topological polar surface area (TPSA) is 32.3 Å². The largest absolute Gasteiger partial charge is 0.387 e. The summed E-state index contributed by atoms with van der Waals surface area (Å²) in [4.78, 5) is 0. The van der Waals surface area contributed by atoms with Gasteiger partial charge >= 0.3 is 0 Å². The van der Waals surface area contributed by atoms with Gasteiger partial charge in [-0.05, 0) is 49.3 Å². The Morgan fingerprint density at radius 2 is 1.95 bits per heavy atom. The molecule has 20 heavy (non-hydrogen) atoms. The summed E-state index contributed by atoms with van der Waals surface area (Å²) in [5.74, 6) is -1.09. The van der Waals surface area contributed by atoms with E-state index >= 15 is 0 Å². The lowest BCUT2D eigenvalue weighted by Gasteiger charge is -2.35. The number of benzene rings is 1. The molecule has 2 N–H and O–H groups in total. The van der Waals surface area contributed by atoms with Crippen LogP contribution in [-0.2, 0) is 0 Å². The molecule has 1 atom stereocenters. The van der Waals surface area contributed by atoms with Crippen LogP contribution < -0.4 is 5.32 Å². The summed E-state index contributed by atoms with van der Waals surface area (Å²) in [5, 5.41) is 13.3. The summed E-state index contributed by atoms with van der Waals surface area (Å²) in [6.45, 7) is 4.78. The van der Waals surface area contributed by atoms with E-state index in [9.17, 15) is 13.9 Å². The third kappa shape index (κ3) is 4.00. The van der Waals surface area contributed by atoms with Crippen LogP contribution in [0.15, 0.2) is 18.2 Å². The van der Waals surface area contributed by atoms with Gasteiger partial charge < -0.3 is 10.4 Å². The normalized spacial score (nSPS) is 20.9. The molecule has 2 nitrogen and oxygen atoms in total. The summed E-state index contributed by atoms with van der Waals surface area (Å²) in [5.41, 5.74) is 0.416. The molecule has 1 aliphatic carbocycles. The molecule has 0 bridgehead atoms. The van der Waals surface area contributed by atoms with Crippen LogP contribution in [0.1, 0.15) is 51.2 Å². The summed E-state index contributed by atoms with van der Waals surface area (Å²) in [6, 6.07) is 3.53. The van der Waals surface area contributed by atoms with Crippen LogP contribution in [0.4, 0.5) is 8.78 Å². The van der Waals surface area contributed by atoms with Crippen LogP contribution in [0.3, 0.4) is 0 Å². The lowest BCUT2D eigenvalue weighted by atomic mass is 9.75. The summed E-state index contributed by atoms with van der Waals surface area (Å²) < 4.78 is 26.6. The van der Waals surface area contributed by atoms with Crippen LogP contribution in [0.25, 0.3) is 0 Å². The van der Waals surface area contributed by atoms with E-state index in [1.165, 1.54) is 0 Å². The van der Waals surface area contributed by atoms with Crippen molar-refractivity contribution >= 4 is 0 Å². The molecule has 1 unspecified atom stereocenters. The molecule has 0 aliphatic heterocycles. The highest BCUT2D eigenvalue weighted by Crippen LogP contribution is 2.35. The fraction of sp³-hybridized carbons (Fsp3) is 0.625. The first-order chi connectivity index (χ1) is 9.37. The molecule has 0 radical (unpaired) electrons. The third-order valence-corrected chi connectivity index (χ3v) is 4.26. The summed E-state index contributed by atoms with van der Waals surface area (Å²) in [6.07, 6.45) is 3.40. The maximum Gasteiger partial charge on any atom is 0.129 e. The zero-order valence-electron chi connectivity index (χ0n) is 12.1. The van der Waals surface area contributed by atoms with Crippen molar-refractivity contribution in [3.63, 3.8) is 0 Å². The first-order valence-electron chi connectivity index (χ1n) is 7.24. The number of halogens is 2. The minimum absolute atomic E-state index is 0.0219. The van der Waals surface area contributed by atoms with Gasteiger partial charge in [0.2, 0.25) is 0 Å². The molecule has 1 aromatic rings. The second-order valence-corrected chi connectivity index (χ2v) is 6.53. The highest BCUT2D eigenvalue weighted by Gasteiger charge is 2.27. The molecule has 1 fully saturated rings. The van der Waals surface area contributed by atoms with Gasteiger partial charge in [-0.2, -0.15) is 0 Å². The summed E-state index contributed by atoms with van der Waals surface area (Å²) >= 11 is 0. The predicted octanol–water partition coefficient (Wildman–Crippen LogP) is 3.56. The van der Waals surface area contributed by atoms with Gasteiger partial charge in [0.05, 0.1) is 6.10 Å². The average Bonchev–Trinajstić information content (AvgIpc) is 2.40. The number of hydrogen-bond donors (Lipinski definition) is 2. The monoisotopic (exact) mass is 283 g/mol. The van der Waals surface area contributed by atoms with E-state index in [0.29, 0.717) is 11.5 Å². The van der Waals surface area contributed by atoms with Gasteiger partial charge in [0.25, 0.3) is 0 Å². The van der Waals surface area contributed by atoms with Crippen molar-refractivity contribution in [2.75, 3.05) is 6.54 Å². The van der Waals surface area contributed by atoms with Crippen molar-refractivity contribution in [2.45, 2.75) is 51.7 Å². The van der Waals surface area contributed by atoms with E-state index in [2.05, 4.69) is 19.2 Å². The second-order valence-electron chi connectivity index (χ2n) is 6.53. The SMILES string of the molecule is CC1(C)CCC(NCC(O)c2cc(F)ccc2F)CC1. The lowest BCUT2D eigenvalue weighted by molar-refractivity contribution is 0.149. The number of aliphatic hydroxyl groups excluding tert-OH is 1. The second kappa shape index (κ2) is 6.19. The molecule has 0 saturated heterocycles. The Kier molecular flexibility index (Phi) is 4.76. The predicted molar refractivity (Wildman–Crippen MR) is 75.4 cm³/mol. The van der Waals surface area contributed by atoms with Crippen molar-refractivity contribution < 1.29 is 13.9 Å². The van der Waals surface area contributed by atoms with E-state index in [1.807, 2.05) is 0 Å². The molecule has 2 rings (SSSR count). The molecule has 0 aromatic heterocycles. The smallest absolute Gasteiger partial charge is 0.129 e. The Labute approximate surface area is 119 Å². The van der Waals surface area contributed by atoms with Crippen molar-refractivity contribution in [2.24, 2.45) is 5.41 Å². The van der Waals surface area contributed by atoms with Crippen molar-refractivity contribution in [1.29, 1.82) is 0 Å². The van der Waals surface area contributed by atoms with E-state index < -0.39 is 17.7 Å². The highest BCUT2D eigenvalue weighted by atomic mass is 19.1. The van der Waals surface area contributed by atoms with Gasteiger partial charge in [0.1, 0.15) is 11.6 Å². The van der Waals surface area contributed by atoms with Crippen LogP contribution in [0.5, 0.6) is 0 Å². The zero-order chi connectivity index (χ0) is 14.8. The van der Waals surface area contributed by atoms with Crippen LogP contribution in [-0.4, -0.2) is 17.7 Å². The Balaban J connectivity index is 1.86. The molecule has 0 amide bonds. The number of rotatable bonds is 4. The third-order valence-electron chi connectivity index (χ3n) is 4.26. The number of aliphatic hydroxyl groups is 1. The molecule has 0 heterocycles. The van der Waals surface area contributed by atoms with Gasteiger partial charge in [-0.15, -0.1) is 0 Å². The Bertz CT molecular complexity index is 452. The maximum absolute atomic E-state index is 13.5. The molecule has 0 spiro atoms. The van der Waals surface area contributed by atoms with Crippen LogP contribution in [0.2, 0.25) is 0 Å². The molecular weight excluding hydrogens is 260 g/mol. The van der Waals surface area contributed by atoms with E-state index in [1.54, 1.807) is 0 Å². The van der Waals surface area contributed by atoms with Crippen LogP contribution >= 0.6 is 0 Å². The van der Waals surface area contributed by atoms with Crippen LogP contribution in [0, 0.1) is 17.0 Å². The van der Waals surface area contributed by atoms with Gasteiger partial charge in [-0.25, -0.2) is 8.78 Å². The number of nitrogens with one attached hydrogen (secondary N) is 1. The minimum Gasteiger partial charge on any atom is -0.387 e. The maximum atomic E-state index is 13.5. The fourth-order valence-electron chi connectivity index (χ4n) is 2.76. The first-order valence-corrected chi connectivity index (χ1v) is 7.24. The van der Waals surface area contributed by atoms with Crippen molar-refractivity contribution in [3.8, 4) is 0 Å². The van der Waals surface area contributed by atoms with Crippen molar-refractivity contribution in [1.82, 2.24) is 5.32 Å². The summed E-state index contributed by atoms with van der Waals surface area (Å²) in [7, 11) is 0. The zero-order valence-corrected chi connectivity index (χ0v) is 12.1. The molecular formula is C16H23F2NO. The number of hydrogen-bond acceptors (Lipinski definition) is 2. The highest BCUT2D eigenvalue weighted by molar-refractivity contribution is 5.21. The molecule has 1 saturated carbocycles. The lowest BCUT2D eigenvalue weighted by Crippen LogP contribution is -2.37. The van der Waals surface area contributed by atoms with E-state index in [-0.39, 0.29) is 12.1 Å².